The number of nitrogens with zero attached hydrogens (tertiary/aromatic N) is 2. The lowest BCUT2D eigenvalue weighted by Gasteiger charge is -2.30. The average molecular weight is 438 g/mol. The minimum atomic E-state index is -3.78. The number of amides is 1. The van der Waals surface area contributed by atoms with Gasteiger partial charge in [-0.3, -0.25) is 4.79 Å². The minimum absolute atomic E-state index is 0.00823. The van der Waals surface area contributed by atoms with Crippen molar-refractivity contribution in [3.63, 3.8) is 0 Å². The average Bonchev–Trinajstić information content (AvgIpc) is 2.70. The van der Waals surface area contributed by atoms with Gasteiger partial charge in [0, 0.05) is 24.0 Å². The van der Waals surface area contributed by atoms with Gasteiger partial charge in [-0.2, -0.15) is 9.57 Å². The van der Waals surface area contributed by atoms with Crippen LogP contribution < -0.4 is 5.32 Å². The monoisotopic (exact) mass is 437 g/mol. The number of piperidine rings is 1. The third kappa shape index (κ3) is 4.31. The molecule has 1 saturated heterocycles. The number of hydrogen-bond donors (Lipinski definition) is 1. The third-order valence-electron chi connectivity index (χ3n) is 4.64. The summed E-state index contributed by atoms with van der Waals surface area (Å²) < 4.78 is 27.0. The van der Waals surface area contributed by atoms with E-state index < -0.39 is 10.0 Å². The molecule has 1 N–H and O–H groups in total. The number of hydrogen-bond acceptors (Lipinski definition) is 4. The van der Waals surface area contributed by atoms with Gasteiger partial charge in [-0.15, -0.1) is 0 Å². The Morgan fingerprint density at radius 1 is 1.14 bits per heavy atom. The summed E-state index contributed by atoms with van der Waals surface area (Å²) in [6.45, 7) is 0.396. The molecule has 3 rings (SSSR count). The van der Waals surface area contributed by atoms with Crippen LogP contribution in [0, 0.1) is 17.2 Å². The van der Waals surface area contributed by atoms with E-state index in [4.69, 9.17) is 23.2 Å². The van der Waals surface area contributed by atoms with E-state index >= 15 is 0 Å². The lowest BCUT2D eigenvalue weighted by molar-refractivity contribution is -0.120. The predicted molar refractivity (Wildman–Crippen MR) is 108 cm³/mol. The molecule has 1 amide bonds. The second-order valence-corrected chi connectivity index (χ2v) is 9.15. The van der Waals surface area contributed by atoms with Crippen LogP contribution >= 0.6 is 23.2 Å². The molecule has 1 heterocycles. The van der Waals surface area contributed by atoms with Crippen LogP contribution in [0.2, 0.25) is 10.0 Å². The van der Waals surface area contributed by atoms with Gasteiger partial charge < -0.3 is 5.32 Å². The summed E-state index contributed by atoms with van der Waals surface area (Å²) in [7, 11) is -3.78. The Kier molecular flexibility index (Phi) is 6.26. The summed E-state index contributed by atoms with van der Waals surface area (Å²) in [5.41, 5.74) is 0.537. The highest BCUT2D eigenvalue weighted by Gasteiger charge is 2.33. The van der Waals surface area contributed by atoms with Crippen LogP contribution in [0.25, 0.3) is 0 Å². The van der Waals surface area contributed by atoms with Crippen molar-refractivity contribution >= 4 is 44.8 Å². The zero-order valence-corrected chi connectivity index (χ0v) is 17.1. The minimum Gasteiger partial charge on any atom is -0.324 e. The van der Waals surface area contributed by atoms with E-state index in [1.54, 1.807) is 30.3 Å². The second-order valence-electron chi connectivity index (χ2n) is 6.40. The molecule has 0 atom stereocenters. The largest absolute Gasteiger partial charge is 0.324 e. The fourth-order valence-corrected chi connectivity index (χ4v) is 5.06. The summed E-state index contributed by atoms with van der Waals surface area (Å²) in [6, 6.07) is 12.8. The number of nitrogens with one attached hydrogen (secondary N) is 1. The highest BCUT2D eigenvalue weighted by Crippen LogP contribution is 2.29. The van der Waals surface area contributed by atoms with Crippen LogP contribution in [-0.4, -0.2) is 31.7 Å². The summed E-state index contributed by atoms with van der Waals surface area (Å²) in [4.78, 5) is 12.5. The zero-order valence-electron chi connectivity index (χ0n) is 14.7. The molecule has 0 aromatic heterocycles. The highest BCUT2D eigenvalue weighted by atomic mass is 35.5. The van der Waals surface area contributed by atoms with E-state index in [0.717, 1.165) is 0 Å². The van der Waals surface area contributed by atoms with Gasteiger partial charge in [0.25, 0.3) is 0 Å². The van der Waals surface area contributed by atoms with Crippen molar-refractivity contribution < 1.29 is 13.2 Å². The standard InChI is InChI=1S/C19H17Cl2N3O3S/c20-15-5-6-16(21)17(11-15)23-19(25)13-7-9-24(10-8-13)28(26,27)18-4-2-1-3-14(18)12-22/h1-6,11,13H,7-10H2,(H,23,25). The van der Waals surface area contributed by atoms with Crippen molar-refractivity contribution in [1.29, 1.82) is 5.26 Å². The molecule has 1 fully saturated rings. The summed E-state index contributed by atoms with van der Waals surface area (Å²) in [5, 5.41) is 12.8. The van der Waals surface area contributed by atoms with Crippen molar-refractivity contribution in [3.05, 3.63) is 58.1 Å². The number of nitriles is 1. The normalized spacial score (nSPS) is 15.8. The van der Waals surface area contributed by atoms with Gasteiger partial charge in [-0.25, -0.2) is 8.42 Å². The van der Waals surface area contributed by atoms with Crippen LogP contribution in [0.1, 0.15) is 18.4 Å². The molecule has 6 nitrogen and oxygen atoms in total. The fourth-order valence-electron chi connectivity index (χ4n) is 3.11. The second kappa shape index (κ2) is 8.50. The SMILES string of the molecule is N#Cc1ccccc1S(=O)(=O)N1CCC(C(=O)Nc2cc(Cl)ccc2Cl)CC1. The number of carbonyl (C=O) groups excluding carboxylic acids is 1. The number of rotatable bonds is 4. The number of benzene rings is 2. The quantitative estimate of drug-likeness (QED) is 0.784. The molecule has 0 aliphatic carbocycles. The molecule has 1 aliphatic heterocycles. The van der Waals surface area contributed by atoms with E-state index in [2.05, 4.69) is 5.32 Å². The number of sulfonamides is 1. The van der Waals surface area contributed by atoms with Gasteiger partial charge in [0.1, 0.15) is 6.07 Å². The van der Waals surface area contributed by atoms with Gasteiger partial charge in [0.2, 0.25) is 15.9 Å². The molecule has 0 bridgehead atoms. The zero-order chi connectivity index (χ0) is 20.3. The molecule has 0 saturated carbocycles. The van der Waals surface area contributed by atoms with E-state index in [9.17, 15) is 18.5 Å². The van der Waals surface area contributed by atoms with Crippen LogP contribution in [0.15, 0.2) is 47.4 Å². The van der Waals surface area contributed by atoms with Gasteiger partial charge in [0.05, 0.1) is 21.2 Å². The first-order valence-corrected chi connectivity index (χ1v) is 10.8. The van der Waals surface area contributed by atoms with Crippen molar-refractivity contribution in [2.45, 2.75) is 17.7 Å². The Hall–Kier alpha value is -2.11. The Morgan fingerprint density at radius 3 is 2.50 bits per heavy atom. The van der Waals surface area contributed by atoms with Gasteiger partial charge in [-0.05, 0) is 43.2 Å². The van der Waals surface area contributed by atoms with Gasteiger partial charge in [0.15, 0.2) is 0 Å². The molecule has 2 aromatic carbocycles. The van der Waals surface area contributed by atoms with E-state index in [1.165, 1.54) is 16.4 Å². The van der Waals surface area contributed by atoms with Crippen LogP contribution in [0.3, 0.4) is 0 Å². The molecular weight excluding hydrogens is 421 g/mol. The number of carbonyl (C=O) groups is 1. The van der Waals surface area contributed by atoms with Crippen molar-refractivity contribution in [3.8, 4) is 6.07 Å². The van der Waals surface area contributed by atoms with Crippen molar-refractivity contribution in [1.82, 2.24) is 4.31 Å². The van der Waals surface area contributed by atoms with E-state index in [0.29, 0.717) is 28.6 Å². The van der Waals surface area contributed by atoms with Crippen molar-refractivity contribution in [2.75, 3.05) is 18.4 Å². The summed E-state index contributed by atoms with van der Waals surface area (Å²) in [6.07, 6.45) is 0.746. The van der Waals surface area contributed by atoms with Crippen LogP contribution in [-0.2, 0) is 14.8 Å². The maximum Gasteiger partial charge on any atom is 0.244 e. The Morgan fingerprint density at radius 2 is 1.82 bits per heavy atom. The van der Waals surface area contributed by atoms with Crippen LogP contribution in [0.4, 0.5) is 5.69 Å². The first-order chi connectivity index (χ1) is 13.3. The van der Waals surface area contributed by atoms with E-state index in [-0.39, 0.29) is 35.4 Å². The van der Waals surface area contributed by atoms with E-state index in [1.807, 2.05) is 6.07 Å². The first-order valence-electron chi connectivity index (χ1n) is 8.58. The Labute approximate surface area is 173 Å². The topological polar surface area (TPSA) is 90.3 Å². The maximum absolute atomic E-state index is 12.9. The lowest BCUT2D eigenvalue weighted by atomic mass is 9.97. The highest BCUT2D eigenvalue weighted by molar-refractivity contribution is 7.89. The molecule has 0 spiro atoms. The fraction of sp³-hybridized carbons (Fsp3) is 0.263. The summed E-state index contributed by atoms with van der Waals surface area (Å²) in [5.74, 6) is -0.564. The molecule has 0 unspecified atom stereocenters. The predicted octanol–water partition coefficient (Wildman–Crippen LogP) is 3.90. The lowest BCUT2D eigenvalue weighted by Crippen LogP contribution is -2.41. The first kappa shape index (κ1) is 20.6. The molecule has 2 aromatic rings. The molecule has 28 heavy (non-hydrogen) atoms. The molecule has 1 aliphatic rings. The maximum atomic E-state index is 12.9. The molecule has 0 radical (unpaired) electrons. The van der Waals surface area contributed by atoms with Crippen molar-refractivity contribution in [2.24, 2.45) is 5.92 Å². The third-order valence-corrected chi connectivity index (χ3v) is 7.16. The van der Waals surface area contributed by atoms with Crippen LogP contribution in [0.5, 0.6) is 0 Å². The molecular formula is C19H17Cl2N3O3S. The number of anilines is 1. The number of halogens is 2. The molecule has 146 valence electrons. The summed E-state index contributed by atoms with van der Waals surface area (Å²) >= 11 is 12.0. The van der Waals surface area contributed by atoms with Gasteiger partial charge >= 0.3 is 0 Å². The molecule has 9 heteroatoms. The smallest absolute Gasteiger partial charge is 0.244 e. The Balaban J connectivity index is 1.68. The van der Waals surface area contributed by atoms with Gasteiger partial charge in [-0.1, -0.05) is 35.3 Å². The Bertz CT molecular complexity index is 1040.